The highest BCUT2D eigenvalue weighted by Crippen LogP contribution is 2.26. The molecule has 0 spiro atoms. The van der Waals surface area contributed by atoms with Gasteiger partial charge in [-0.25, -0.2) is 0 Å². The van der Waals surface area contributed by atoms with E-state index in [2.05, 4.69) is 31.4 Å². The number of hydrogen-bond donors (Lipinski definition) is 2. The first-order chi connectivity index (χ1) is 9.15. The van der Waals surface area contributed by atoms with Gasteiger partial charge in [0, 0.05) is 11.0 Å². The molecule has 2 rings (SSSR count). The lowest BCUT2D eigenvalue weighted by atomic mass is 10.2. The average molecular weight is 360 g/mol. The summed E-state index contributed by atoms with van der Waals surface area (Å²) in [5.74, 6) is -0.860. The molecular weight excluding hydrogens is 350 g/mol. The molecule has 0 aliphatic rings. The molecule has 19 heavy (non-hydrogen) atoms. The first-order valence-corrected chi connectivity index (χ1v) is 7.90. The van der Waals surface area contributed by atoms with Crippen molar-refractivity contribution < 1.29 is 9.90 Å². The summed E-state index contributed by atoms with van der Waals surface area (Å²) in [5.41, 5.74) is 1.12. The number of aliphatic carboxylic acids is 1. The molecule has 5 nitrogen and oxygen atoms in total. The molecule has 2 N–H and O–H groups in total. The van der Waals surface area contributed by atoms with Gasteiger partial charge in [0.2, 0.25) is 5.13 Å². The van der Waals surface area contributed by atoms with E-state index in [1.807, 2.05) is 24.3 Å². The van der Waals surface area contributed by atoms with Crippen LogP contribution in [0.5, 0.6) is 0 Å². The number of carbonyl (C=O) groups is 1. The topological polar surface area (TPSA) is 75.1 Å². The van der Waals surface area contributed by atoms with Gasteiger partial charge in [-0.15, -0.1) is 10.2 Å². The quantitative estimate of drug-likeness (QED) is 0.771. The van der Waals surface area contributed by atoms with Crippen LogP contribution in [0.4, 0.5) is 5.13 Å². The summed E-state index contributed by atoms with van der Waals surface area (Å²) in [7, 11) is 0. The molecule has 8 heteroatoms. The summed E-state index contributed by atoms with van der Waals surface area (Å²) < 4.78 is 1.68. The molecule has 0 saturated heterocycles. The Morgan fingerprint density at radius 1 is 1.42 bits per heavy atom. The van der Waals surface area contributed by atoms with Gasteiger partial charge in [0.15, 0.2) is 4.34 Å². The van der Waals surface area contributed by atoms with Crippen LogP contribution in [0.15, 0.2) is 33.1 Å². The lowest BCUT2D eigenvalue weighted by Crippen LogP contribution is -1.99. The third-order valence-corrected chi connectivity index (χ3v) is 4.89. The lowest BCUT2D eigenvalue weighted by molar-refractivity contribution is -0.133. The highest BCUT2D eigenvalue weighted by molar-refractivity contribution is 9.10. The van der Waals surface area contributed by atoms with Gasteiger partial charge in [-0.2, -0.15) is 0 Å². The molecule has 0 unspecified atom stereocenters. The van der Waals surface area contributed by atoms with Crippen molar-refractivity contribution in [3.05, 3.63) is 34.3 Å². The Labute approximate surface area is 126 Å². The van der Waals surface area contributed by atoms with Crippen molar-refractivity contribution >= 4 is 50.1 Å². The van der Waals surface area contributed by atoms with Gasteiger partial charge >= 0.3 is 5.97 Å². The highest BCUT2D eigenvalue weighted by atomic mass is 79.9. The summed E-state index contributed by atoms with van der Waals surface area (Å²) in [6.07, 6.45) is 0. The molecule has 0 aliphatic carbocycles. The van der Waals surface area contributed by atoms with Gasteiger partial charge in [-0.3, -0.25) is 4.79 Å². The lowest BCUT2D eigenvalue weighted by Gasteiger charge is -2.04. The Morgan fingerprint density at radius 2 is 2.21 bits per heavy atom. The Kier molecular flexibility index (Phi) is 5.17. The number of thioether (sulfide) groups is 1. The number of anilines is 1. The van der Waals surface area contributed by atoms with Crippen LogP contribution in [0.1, 0.15) is 5.56 Å². The van der Waals surface area contributed by atoms with Crippen LogP contribution >= 0.6 is 39.0 Å². The molecule has 1 aromatic heterocycles. The molecular formula is C11H10BrN3O2S2. The molecule has 1 aromatic carbocycles. The van der Waals surface area contributed by atoms with Crippen molar-refractivity contribution in [3.63, 3.8) is 0 Å². The number of nitrogens with zero attached hydrogens (tertiary/aromatic N) is 2. The average Bonchev–Trinajstić information content (AvgIpc) is 2.83. The largest absolute Gasteiger partial charge is 0.481 e. The maximum atomic E-state index is 10.4. The second kappa shape index (κ2) is 6.88. The van der Waals surface area contributed by atoms with Crippen LogP contribution in [0.25, 0.3) is 0 Å². The van der Waals surface area contributed by atoms with Crippen molar-refractivity contribution in [3.8, 4) is 0 Å². The molecule has 0 radical (unpaired) electrons. The minimum Gasteiger partial charge on any atom is -0.481 e. The van der Waals surface area contributed by atoms with E-state index in [0.717, 1.165) is 10.0 Å². The summed E-state index contributed by atoms with van der Waals surface area (Å²) in [4.78, 5) is 10.4. The smallest absolute Gasteiger partial charge is 0.313 e. The van der Waals surface area contributed by atoms with E-state index < -0.39 is 5.97 Å². The van der Waals surface area contributed by atoms with Gasteiger partial charge in [-0.1, -0.05) is 57.2 Å². The van der Waals surface area contributed by atoms with Crippen molar-refractivity contribution in [2.24, 2.45) is 0 Å². The maximum absolute atomic E-state index is 10.4. The van der Waals surface area contributed by atoms with Gasteiger partial charge < -0.3 is 10.4 Å². The van der Waals surface area contributed by atoms with Crippen LogP contribution in [0.3, 0.4) is 0 Å². The molecule has 0 saturated carbocycles. The number of aromatic nitrogens is 2. The van der Waals surface area contributed by atoms with Crippen molar-refractivity contribution in [1.29, 1.82) is 0 Å². The third-order valence-electron chi connectivity index (χ3n) is 2.11. The maximum Gasteiger partial charge on any atom is 0.313 e. The van der Waals surface area contributed by atoms with E-state index in [9.17, 15) is 4.79 Å². The van der Waals surface area contributed by atoms with Crippen molar-refractivity contribution in [2.75, 3.05) is 11.1 Å². The monoisotopic (exact) mass is 359 g/mol. The Morgan fingerprint density at radius 3 is 2.95 bits per heavy atom. The van der Waals surface area contributed by atoms with Gasteiger partial charge in [0.1, 0.15) is 0 Å². The second-order valence-electron chi connectivity index (χ2n) is 3.50. The van der Waals surface area contributed by atoms with E-state index in [-0.39, 0.29) is 5.75 Å². The molecule has 1 heterocycles. The fourth-order valence-corrected chi connectivity index (χ4v) is 3.17. The SMILES string of the molecule is O=C(O)CSc1nnc(NCc2ccccc2Br)s1. The highest BCUT2D eigenvalue weighted by Gasteiger charge is 2.07. The van der Waals surface area contributed by atoms with Gasteiger partial charge in [0.05, 0.1) is 5.75 Å². The van der Waals surface area contributed by atoms with E-state index in [0.29, 0.717) is 16.0 Å². The fraction of sp³-hybridized carbons (Fsp3) is 0.182. The number of rotatable bonds is 6. The molecule has 0 fully saturated rings. The van der Waals surface area contributed by atoms with E-state index in [1.165, 1.54) is 23.1 Å². The summed E-state index contributed by atoms with van der Waals surface area (Å²) >= 11 is 6.00. The van der Waals surface area contributed by atoms with Gasteiger partial charge in [0.25, 0.3) is 0 Å². The van der Waals surface area contributed by atoms with Crippen LogP contribution < -0.4 is 5.32 Å². The number of nitrogens with one attached hydrogen (secondary N) is 1. The molecule has 100 valence electrons. The predicted octanol–water partition coefficient (Wildman–Crippen LogP) is 3.09. The molecule has 0 bridgehead atoms. The van der Waals surface area contributed by atoms with Crippen LogP contribution in [0.2, 0.25) is 0 Å². The number of carboxylic acids is 1. The minimum absolute atomic E-state index is 0.00112. The normalized spacial score (nSPS) is 10.4. The van der Waals surface area contributed by atoms with Crippen LogP contribution in [0, 0.1) is 0 Å². The fourth-order valence-electron chi connectivity index (χ4n) is 1.28. The molecule has 0 aliphatic heterocycles. The summed E-state index contributed by atoms with van der Waals surface area (Å²) in [6, 6.07) is 7.92. The first-order valence-electron chi connectivity index (χ1n) is 5.30. The first kappa shape index (κ1) is 14.3. The van der Waals surface area contributed by atoms with Crippen LogP contribution in [-0.2, 0) is 11.3 Å². The molecule has 0 atom stereocenters. The molecule has 2 aromatic rings. The molecule has 0 amide bonds. The standard InChI is InChI=1S/C11H10BrN3O2S2/c12-8-4-2-1-3-7(8)5-13-10-14-15-11(19-10)18-6-9(16)17/h1-4H,5-6H2,(H,13,14)(H,16,17). The zero-order chi connectivity index (χ0) is 13.7. The predicted molar refractivity (Wildman–Crippen MR) is 79.7 cm³/mol. The van der Waals surface area contributed by atoms with E-state index in [4.69, 9.17) is 5.11 Å². The summed E-state index contributed by atoms with van der Waals surface area (Å²) in [6.45, 7) is 0.639. The number of benzene rings is 1. The van der Waals surface area contributed by atoms with E-state index in [1.54, 1.807) is 0 Å². The second-order valence-corrected chi connectivity index (χ2v) is 6.55. The minimum atomic E-state index is -0.858. The number of halogens is 1. The number of carboxylic acid groups (broad SMARTS) is 1. The van der Waals surface area contributed by atoms with E-state index >= 15 is 0 Å². The zero-order valence-electron chi connectivity index (χ0n) is 9.67. The third kappa shape index (κ3) is 4.48. The Bertz CT molecular complexity index is 577. The van der Waals surface area contributed by atoms with Crippen molar-refractivity contribution in [2.45, 2.75) is 10.9 Å². The van der Waals surface area contributed by atoms with Crippen molar-refractivity contribution in [1.82, 2.24) is 10.2 Å². The Hall–Kier alpha value is -1.12. The Balaban J connectivity index is 1.90. The van der Waals surface area contributed by atoms with Gasteiger partial charge in [-0.05, 0) is 11.6 Å². The number of hydrogen-bond acceptors (Lipinski definition) is 6. The zero-order valence-corrected chi connectivity index (χ0v) is 12.9. The summed E-state index contributed by atoms with van der Waals surface area (Å²) in [5, 5.41) is 20.3. The van der Waals surface area contributed by atoms with Crippen LogP contribution in [-0.4, -0.2) is 27.0 Å².